The van der Waals surface area contributed by atoms with E-state index >= 15 is 0 Å². The maximum atomic E-state index is 12.8. The Balaban J connectivity index is 1.82. The summed E-state index contributed by atoms with van der Waals surface area (Å²) in [5.74, 6) is -0.0599. The first kappa shape index (κ1) is 18.4. The number of alkyl halides is 3. The van der Waals surface area contributed by atoms with Crippen molar-refractivity contribution in [2.75, 3.05) is 6.54 Å². The number of thiophene rings is 1. The molecule has 2 aromatic rings. The molecule has 1 aliphatic rings. The SMILES string of the molecule is O=S(=O)(NC[C@@](O)(c1cccs1)C1CC1)c1cccc(C(F)(F)F)c1. The summed E-state index contributed by atoms with van der Waals surface area (Å²) in [5, 5.41) is 12.7. The van der Waals surface area contributed by atoms with Crippen molar-refractivity contribution in [2.45, 2.75) is 29.5 Å². The molecule has 0 bridgehead atoms. The van der Waals surface area contributed by atoms with E-state index in [1.807, 2.05) is 0 Å². The number of hydrogen-bond acceptors (Lipinski definition) is 4. The molecule has 3 rings (SSSR count). The summed E-state index contributed by atoms with van der Waals surface area (Å²) in [6, 6.07) is 7.02. The van der Waals surface area contributed by atoms with Gasteiger partial charge in [0.05, 0.1) is 10.5 Å². The topological polar surface area (TPSA) is 66.4 Å². The monoisotopic (exact) mass is 391 g/mol. The number of aliphatic hydroxyl groups is 1. The Morgan fingerprint density at radius 2 is 1.92 bits per heavy atom. The fourth-order valence-electron chi connectivity index (χ4n) is 2.65. The summed E-state index contributed by atoms with van der Waals surface area (Å²) in [6.07, 6.45) is -3.07. The summed E-state index contributed by atoms with van der Waals surface area (Å²) in [4.78, 5) is 0.161. The number of rotatable bonds is 6. The van der Waals surface area contributed by atoms with Crippen LogP contribution in [0.5, 0.6) is 0 Å². The molecule has 4 nitrogen and oxygen atoms in total. The molecule has 1 atom stereocenters. The van der Waals surface area contributed by atoms with Crippen LogP contribution in [0.2, 0.25) is 0 Å². The Kier molecular flexibility index (Phi) is 4.69. The summed E-state index contributed by atoms with van der Waals surface area (Å²) in [7, 11) is -4.18. The lowest BCUT2D eigenvalue weighted by atomic mass is 9.96. The van der Waals surface area contributed by atoms with Crippen molar-refractivity contribution in [1.29, 1.82) is 0 Å². The van der Waals surface area contributed by atoms with Crippen LogP contribution in [-0.4, -0.2) is 20.1 Å². The van der Waals surface area contributed by atoms with Crippen LogP contribution in [-0.2, 0) is 21.8 Å². The molecule has 0 unspecified atom stereocenters. The lowest BCUT2D eigenvalue weighted by Gasteiger charge is -2.27. The van der Waals surface area contributed by atoms with Gasteiger partial charge >= 0.3 is 6.18 Å². The van der Waals surface area contributed by atoms with Gasteiger partial charge < -0.3 is 5.11 Å². The number of hydrogen-bond donors (Lipinski definition) is 2. The Bertz CT molecular complexity index is 846. The van der Waals surface area contributed by atoms with Gasteiger partial charge in [0.15, 0.2) is 0 Å². The zero-order valence-corrected chi connectivity index (χ0v) is 14.6. The highest BCUT2D eigenvalue weighted by Crippen LogP contribution is 2.46. The fourth-order valence-corrected chi connectivity index (χ4v) is 4.67. The maximum absolute atomic E-state index is 12.8. The molecule has 1 aromatic heterocycles. The third kappa shape index (κ3) is 3.89. The molecule has 0 aliphatic heterocycles. The average molecular weight is 391 g/mol. The van der Waals surface area contributed by atoms with Gasteiger partial charge in [0.1, 0.15) is 5.60 Å². The predicted molar refractivity (Wildman–Crippen MR) is 87.6 cm³/mol. The highest BCUT2D eigenvalue weighted by Gasteiger charge is 2.46. The first-order valence-electron chi connectivity index (χ1n) is 7.56. The Morgan fingerprint density at radius 1 is 1.20 bits per heavy atom. The quantitative estimate of drug-likeness (QED) is 0.794. The van der Waals surface area contributed by atoms with Gasteiger partial charge in [-0.3, -0.25) is 0 Å². The second-order valence-corrected chi connectivity index (χ2v) is 8.74. The minimum Gasteiger partial charge on any atom is -0.383 e. The molecular formula is C16H16F3NO3S2. The van der Waals surface area contributed by atoms with Gasteiger partial charge in [0, 0.05) is 11.4 Å². The van der Waals surface area contributed by atoms with Gasteiger partial charge in [-0.2, -0.15) is 13.2 Å². The molecule has 1 aliphatic carbocycles. The molecule has 1 fully saturated rings. The van der Waals surface area contributed by atoms with Crippen molar-refractivity contribution in [3.05, 3.63) is 52.2 Å². The van der Waals surface area contributed by atoms with Gasteiger partial charge in [0.25, 0.3) is 0 Å². The molecule has 0 amide bonds. The highest BCUT2D eigenvalue weighted by molar-refractivity contribution is 7.89. The van der Waals surface area contributed by atoms with E-state index in [9.17, 15) is 26.7 Å². The van der Waals surface area contributed by atoms with Crippen LogP contribution in [0.25, 0.3) is 0 Å². The Labute approximate surface area is 147 Å². The van der Waals surface area contributed by atoms with E-state index in [1.54, 1.807) is 17.5 Å². The summed E-state index contributed by atoms with van der Waals surface area (Å²) in [5.41, 5.74) is -2.38. The van der Waals surface area contributed by atoms with E-state index in [1.165, 1.54) is 11.3 Å². The van der Waals surface area contributed by atoms with Gasteiger partial charge in [-0.25, -0.2) is 13.1 Å². The van der Waals surface area contributed by atoms with Gasteiger partial charge in [0.2, 0.25) is 10.0 Å². The molecule has 0 saturated heterocycles. The van der Waals surface area contributed by atoms with E-state index in [2.05, 4.69) is 4.72 Å². The van der Waals surface area contributed by atoms with Crippen LogP contribution in [0.15, 0.2) is 46.7 Å². The number of halogens is 3. The van der Waals surface area contributed by atoms with E-state index in [-0.39, 0.29) is 12.5 Å². The largest absolute Gasteiger partial charge is 0.416 e. The van der Waals surface area contributed by atoms with Crippen LogP contribution in [0.4, 0.5) is 13.2 Å². The molecule has 0 radical (unpaired) electrons. The first-order valence-corrected chi connectivity index (χ1v) is 9.92. The molecule has 9 heteroatoms. The van der Waals surface area contributed by atoms with Crippen molar-refractivity contribution in [3.8, 4) is 0 Å². The van der Waals surface area contributed by atoms with E-state index in [0.29, 0.717) is 10.9 Å². The number of nitrogens with one attached hydrogen (secondary N) is 1. The van der Waals surface area contributed by atoms with E-state index < -0.39 is 32.3 Å². The van der Waals surface area contributed by atoms with E-state index in [0.717, 1.165) is 31.0 Å². The van der Waals surface area contributed by atoms with Gasteiger partial charge in [-0.05, 0) is 48.4 Å². The first-order chi connectivity index (χ1) is 11.6. The molecule has 25 heavy (non-hydrogen) atoms. The van der Waals surface area contributed by atoms with Crippen molar-refractivity contribution < 1.29 is 26.7 Å². The summed E-state index contributed by atoms with van der Waals surface area (Å²) < 4.78 is 65.4. The van der Waals surface area contributed by atoms with Crippen LogP contribution >= 0.6 is 11.3 Å². The molecule has 2 N–H and O–H groups in total. The second kappa shape index (κ2) is 6.39. The highest BCUT2D eigenvalue weighted by atomic mass is 32.2. The van der Waals surface area contributed by atoms with Crippen LogP contribution in [0.1, 0.15) is 23.3 Å². The minimum absolute atomic E-state index is 0.0599. The van der Waals surface area contributed by atoms with Crippen LogP contribution < -0.4 is 4.72 Å². The third-order valence-electron chi connectivity index (χ3n) is 4.20. The standard InChI is InChI=1S/C16H16F3NO3S2/c17-16(18,19)12-3-1-4-13(9-12)25(22,23)20-10-15(21,11-6-7-11)14-5-2-8-24-14/h1-5,8-9,11,20-21H,6-7,10H2/t15-/m0/s1. The summed E-state index contributed by atoms with van der Waals surface area (Å²) >= 11 is 1.32. The smallest absolute Gasteiger partial charge is 0.383 e. The van der Waals surface area contributed by atoms with Crippen molar-refractivity contribution >= 4 is 21.4 Å². The van der Waals surface area contributed by atoms with Gasteiger partial charge in [-0.15, -0.1) is 11.3 Å². The number of benzene rings is 1. The van der Waals surface area contributed by atoms with E-state index in [4.69, 9.17) is 0 Å². The Hall–Kier alpha value is -1.42. The molecule has 0 spiro atoms. The predicted octanol–water partition coefficient (Wildman–Crippen LogP) is 3.34. The third-order valence-corrected chi connectivity index (χ3v) is 6.64. The lowest BCUT2D eigenvalue weighted by molar-refractivity contribution is -0.137. The average Bonchev–Trinajstić information content (AvgIpc) is 3.27. The zero-order chi connectivity index (χ0) is 18.3. The molecular weight excluding hydrogens is 375 g/mol. The zero-order valence-electron chi connectivity index (χ0n) is 13.0. The number of sulfonamides is 1. The molecule has 1 saturated carbocycles. The minimum atomic E-state index is -4.63. The fraction of sp³-hybridized carbons (Fsp3) is 0.375. The summed E-state index contributed by atoms with van der Waals surface area (Å²) in [6.45, 7) is -0.281. The Morgan fingerprint density at radius 3 is 2.48 bits per heavy atom. The van der Waals surface area contributed by atoms with Crippen LogP contribution in [0.3, 0.4) is 0 Å². The van der Waals surface area contributed by atoms with Crippen molar-refractivity contribution in [3.63, 3.8) is 0 Å². The molecule has 1 heterocycles. The van der Waals surface area contributed by atoms with Crippen molar-refractivity contribution in [1.82, 2.24) is 4.72 Å². The lowest BCUT2D eigenvalue weighted by Crippen LogP contribution is -2.42. The van der Waals surface area contributed by atoms with Crippen LogP contribution in [0, 0.1) is 5.92 Å². The maximum Gasteiger partial charge on any atom is 0.416 e. The second-order valence-electron chi connectivity index (χ2n) is 6.03. The molecule has 1 aromatic carbocycles. The normalized spacial score (nSPS) is 18.1. The van der Waals surface area contributed by atoms with Gasteiger partial charge in [-0.1, -0.05) is 12.1 Å². The van der Waals surface area contributed by atoms with Crippen molar-refractivity contribution in [2.24, 2.45) is 5.92 Å². The molecule has 136 valence electrons.